The van der Waals surface area contributed by atoms with Crippen molar-refractivity contribution >= 4 is 6.09 Å². The highest BCUT2D eigenvalue weighted by Crippen LogP contribution is 2.18. The fraction of sp³-hybridized carbons (Fsp3) is 0.944. The van der Waals surface area contributed by atoms with Crippen LogP contribution >= 0.6 is 0 Å². The first kappa shape index (κ1) is 18.3. The molecule has 0 aromatic rings. The highest BCUT2D eigenvalue weighted by atomic mass is 16.6. The van der Waals surface area contributed by atoms with Gasteiger partial charge in [-0.1, -0.05) is 64.7 Å². The lowest BCUT2D eigenvalue weighted by Gasteiger charge is -2.19. The van der Waals surface area contributed by atoms with E-state index in [0.717, 1.165) is 25.8 Å². The predicted octanol–water partition coefficient (Wildman–Crippen LogP) is 5.58. The number of alkyl carbamates (subject to hydrolysis) is 1. The van der Waals surface area contributed by atoms with Crippen LogP contribution < -0.4 is 5.32 Å². The third kappa shape index (κ3) is 10.6. The van der Waals surface area contributed by atoms with Gasteiger partial charge < -0.3 is 10.1 Å². The molecule has 1 saturated carbocycles. The zero-order valence-electron chi connectivity index (χ0n) is 14.0. The van der Waals surface area contributed by atoms with Crippen LogP contribution in [-0.2, 0) is 4.74 Å². The largest absolute Gasteiger partial charge is 0.446 e. The zero-order chi connectivity index (χ0) is 15.2. The highest BCUT2D eigenvalue weighted by molar-refractivity contribution is 5.67. The number of carbonyl (C=O) groups excluding carboxylic acids is 1. The minimum Gasteiger partial charge on any atom is -0.446 e. The maximum Gasteiger partial charge on any atom is 0.407 e. The fourth-order valence-electron chi connectivity index (χ4n) is 3.00. The Kier molecular flexibility index (Phi) is 11.3. The van der Waals surface area contributed by atoms with E-state index in [9.17, 15) is 4.79 Å². The molecular formula is C18H35NO2. The maximum atomic E-state index is 11.8. The first-order valence-corrected chi connectivity index (χ1v) is 9.27. The number of nitrogens with one attached hydrogen (secondary N) is 1. The molecule has 1 aliphatic carbocycles. The average Bonchev–Trinajstić information content (AvgIpc) is 2.46. The fourth-order valence-corrected chi connectivity index (χ4v) is 3.00. The summed E-state index contributed by atoms with van der Waals surface area (Å²) in [5.74, 6) is 0. The predicted molar refractivity (Wildman–Crippen MR) is 88.6 cm³/mol. The Labute approximate surface area is 131 Å². The SMILES string of the molecule is CCCCCNC(=O)OC1CCCCCCCCCCC1. The molecule has 0 atom stereocenters. The summed E-state index contributed by atoms with van der Waals surface area (Å²) in [4.78, 5) is 11.8. The topological polar surface area (TPSA) is 38.3 Å². The molecule has 0 unspecified atom stereocenters. The van der Waals surface area contributed by atoms with E-state index in [1.54, 1.807) is 0 Å². The van der Waals surface area contributed by atoms with Crippen molar-refractivity contribution in [1.82, 2.24) is 5.32 Å². The number of amides is 1. The monoisotopic (exact) mass is 297 g/mol. The summed E-state index contributed by atoms with van der Waals surface area (Å²) in [5, 5.41) is 2.89. The van der Waals surface area contributed by atoms with Crippen LogP contribution in [0, 0.1) is 0 Å². The van der Waals surface area contributed by atoms with Gasteiger partial charge in [-0.25, -0.2) is 4.79 Å². The van der Waals surface area contributed by atoms with Crippen molar-refractivity contribution in [3.05, 3.63) is 0 Å². The lowest BCUT2D eigenvalue weighted by atomic mass is 9.99. The van der Waals surface area contributed by atoms with Gasteiger partial charge in [-0.05, 0) is 32.1 Å². The number of ether oxygens (including phenoxy) is 1. The van der Waals surface area contributed by atoms with Crippen LogP contribution in [-0.4, -0.2) is 18.7 Å². The van der Waals surface area contributed by atoms with Crippen molar-refractivity contribution < 1.29 is 9.53 Å². The van der Waals surface area contributed by atoms with Gasteiger partial charge in [0.2, 0.25) is 0 Å². The number of carbonyl (C=O) groups is 1. The van der Waals surface area contributed by atoms with E-state index in [1.807, 2.05) is 0 Å². The Hall–Kier alpha value is -0.730. The summed E-state index contributed by atoms with van der Waals surface area (Å²) >= 11 is 0. The molecule has 0 aromatic carbocycles. The van der Waals surface area contributed by atoms with Crippen LogP contribution in [0.2, 0.25) is 0 Å². The second-order valence-corrected chi connectivity index (χ2v) is 6.42. The zero-order valence-corrected chi connectivity index (χ0v) is 14.0. The minimum absolute atomic E-state index is 0.135. The molecule has 1 N–H and O–H groups in total. The van der Waals surface area contributed by atoms with Gasteiger partial charge in [0.25, 0.3) is 0 Å². The van der Waals surface area contributed by atoms with Gasteiger partial charge in [0, 0.05) is 6.54 Å². The van der Waals surface area contributed by atoms with Crippen LogP contribution in [0.3, 0.4) is 0 Å². The van der Waals surface area contributed by atoms with E-state index in [1.165, 1.54) is 70.6 Å². The molecule has 0 radical (unpaired) electrons. The molecule has 0 saturated heterocycles. The molecule has 0 aromatic heterocycles. The molecule has 21 heavy (non-hydrogen) atoms. The first-order valence-electron chi connectivity index (χ1n) is 9.27. The van der Waals surface area contributed by atoms with Gasteiger partial charge >= 0.3 is 6.09 Å². The lowest BCUT2D eigenvalue weighted by molar-refractivity contribution is 0.0839. The van der Waals surface area contributed by atoms with Crippen LogP contribution in [0.5, 0.6) is 0 Å². The van der Waals surface area contributed by atoms with Crippen LogP contribution in [0.1, 0.15) is 96.8 Å². The van der Waals surface area contributed by atoms with Crippen molar-refractivity contribution in [1.29, 1.82) is 0 Å². The van der Waals surface area contributed by atoms with E-state index in [0.29, 0.717) is 0 Å². The van der Waals surface area contributed by atoms with Crippen molar-refractivity contribution in [2.24, 2.45) is 0 Å². The van der Waals surface area contributed by atoms with Crippen molar-refractivity contribution in [3.8, 4) is 0 Å². The number of unbranched alkanes of at least 4 members (excludes halogenated alkanes) is 2. The van der Waals surface area contributed by atoms with E-state index >= 15 is 0 Å². The summed E-state index contributed by atoms with van der Waals surface area (Å²) in [7, 11) is 0. The molecule has 0 aliphatic heterocycles. The van der Waals surface area contributed by atoms with Crippen LogP contribution in [0.15, 0.2) is 0 Å². The third-order valence-electron chi connectivity index (χ3n) is 4.38. The summed E-state index contributed by atoms with van der Waals surface area (Å²) < 4.78 is 5.63. The van der Waals surface area contributed by atoms with E-state index in [2.05, 4.69) is 12.2 Å². The average molecular weight is 297 g/mol. The Balaban J connectivity index is 2.22. The van der Waals surface area contributed by atoms with Crippen LogP contribution in [0.25, 0.3) is 0 Å². The Bertz CT molecular complexity index is 244. The molecule has 124 valence electrons. The minimum atomic E-state index is -0.205. The second-order valence-electron chi connectivity index (χ2n) is 6.42. The number of rotatable bonds is 5. The van der Waals surface area contributed by atoms with Crippen molar-refractivity contribution in [3.63, 3.8) is 0 Å². The highest BCUT2D eigenvalue weighted by Gasteiger charge is 2.14. The summed E-state index contributed by atoms with van der Waals surface area (Å²) in [5.41, 5.74) is 0. The molecule has 3 heteroatoms. The van der Waals surface area contributed by atoms with Crippen molar-refractivity contribution in [2.75, 3.05) is 6.54 Å². The first-order chi connectivity index (χ1) is 10.3. The summed E-state index contributed by atoms with van der Waals surface area (Å²) in [6, 6.07) is 0. The van der Waals surface area contributed by atoms with E-state index in [-0.39, 0.29) is 12.2 Å². The molecule has 1 rings (SSSR count). The lowest BCUT2D eigenvalue weighted by Crippen LogP contribution is -2.29. The normalized spacial score (nSPS) is 19.3. The molecule has 0 spiro atoms. The maximum absolute atomic E-state index is 11.8. The number of hydrogen-bond donors (Lipinski definition) is 1. The molecule has 0 heterocycles. The van der Waals surface area contributed by atoms with Crippen LogP contribution in [0.4, 0.5) is 4.79 Å². The summed E-state index contributed by atoms with van der Waals surface area (Å²) in [6.07, 6.45) is 17.2. The standard InChI is InChI=1S/C18H35NO2/c1-2-3-13-16-19-18(20)21-17-14-11-9-7-5-4-6-8-10-12-15-17/h17H,2-16H2,1H3,(H,19,20). The smallest absolute Gasteiger partial charge is 0.407 e. The molecule has 1 amide bonds. The van der Waals surface area contributed by atoms with Gasteiger partial charge in [-0.2, -0.15) is 0 Å². The van der Waals surface area contributed by atoms with Gasteiger partial charge in [0.15, 0.2) is 0 Å². The van der Waals surface area contributed by atoms with E-state index in [4.69, 9.17) is 4.74 Å². The Morgan fingerprint density at radius 2 is 1.43 bits per heavy atom. The molecule has 1 aliphatic rings. The second kappa shape index (κ2) is 13.0. The Morgan fingerprint density at radius 3 is 1.95 bits per heavy atom. The molecule has 0 bridgehead atoms. The van der Waals surface area contributed by atoms with Gasteiger partial charge in [-0.15, -0.1) is 0 Å². The third-order valence-corrected chi connectivity index (χ3v) is 4.38. The number of hydrogen-bond acceptors (Lipinski definition) is 2. The van der Waals surface area contributed by atoms with Gasteiger partial charge in [0.05, 0.1) is 0 Å². The summed E-state index contributed by atoms with van der Waals surface area (Å²) in [6.45, 7) is 2.92. The van der Waals surface area contributed by atoms with Crippen molar-refractivity contribution in [2.45, 2.75) is 103 Å². The molecule has 3 nitrogen and oxygen atoms in total. The van der Waals surface area contributed by atoms with Gasteiger partial charge in [0.1, 0.15) is 6.10 Å². The Morgan fingerprint density at radius 1 is 0.905 bits per heavy atom. The quantitative estimate of drug-likeness (QED) is 0.673. The van der Waals surface area contributed by atoms with E-state index < -0.39 is 0 Å². The van der Waals surface area contributed by atoms with Gasteiger partial charge in [-0.3, -0.25) is 0 Å². The molecule has 1 fully saturated rings. The molecular weight excluding hydrogens is 262 g/mol.